The van der Waals surface area contributed by atoms with E-state index in [4.69, 9.17) is 4.43 Å². The van der Waals surface area contributed by atoms with Crippen LogP contribution in [0.2, 0.25) is 19.6 Å². The van der Waals surface area contributed by atoms with E-state index in [0.717, 1.165) is 6.08 Å². The van der Waals surface area contributed by atoms with Crippen LogP contribution in [0.25, 0.3) is 0 Å². The van der Waals surface area contributed by atoms with E-state index in [1.54, 1.807) is 0 Å². The quantitative estimate of drug-likeness (QED) is 0.328. The van der Waals surface area contributed by atoms with E-state index >= 15 is 0 Å². The molecule has 0 aliphatic rings. The maximum atomic E-state index is 12.2. The Kier molecular flexibility index (Phi) is 4.27. The van der Waals surface area contributed by atoms with Crippen molar-refractivity contribution in [2.75, 3.05) is 0 Å². The lowest BCUT2D eigenvalue weighted by molar-refractivity contribution is -0.128. The van der Waals surface area contributed by atoms with Crippen LogP contribution in [-0.2, 0) is 9.22 Å². The molecule has 0 heterocycles. The van der Waals surface area contributed by atoms with E-state index in [0.29, 0.717) is 0 Å². The normalized spacial score (nSPS) is 14.1. The first-order chi connectivity index (χ1) is 6.02. The van der Waals surface area contributed by atoms with Crippen molar-refractivity contribution >= 4 is 25.7 Å². The molecule has 14 heavy (non-hydrogen) atoms. The lowest BCUT2D eigenvalue weighted by atomic mass is 10.3. The summed E-state index contributed by atoms with van der Waals surface area (Å²) in [6.07, 6.45) is 0.727. The van der Waals surface area contributed by atoms with Crippen LogP contribution in [0, 0.1) is 0 Å². The fourth-order valence-electron chi connectivity index (χ4n) is 0.779. The zero-order valence-electron chi connectivity index (χ0n) is 8.53. The number of ketones is 1. The van der Waals surface area contributed by atoms with Gasteiger partial charge in [0.1, 0.15) is 0 Å². The Bertz CT molecular complexity index is 253. The number of carbonyl (C=O) groups excluding carboxylic acids is 1. The molecule has 0 amide bonds. The SMILES string of the molecule is C/C(=C/C(=O)C(F)(F)Cl)O[Si](C)(C)C. The summed E-state index contributed by atoms with van der Waals surface area (Å²) in [6.45, 7) is 7.10. The van der Waals surface area contributed by atoms with Gasteiger partial charge in [0.2, 0.25) is 14.1 Å². The standard InChI is InChI=1S/C8H13ClF2O2Si/c1-6(13-14(2,3)4)5-7(12)8(9,10)11/h5H,1-4H3/b6-5-. The molecular weight excluding hydrogens is 230 g/mol. The highest BCUT2D eigenvalue weighted by atomic mass is 35.5. The first-order valence-electron chi connectivity index (χ1n) is 4.01. The Hall–Kier alpha value is -0.423. The van der Waals surface area contributed by atoms with Gasteiger partial charge >= 0.3 is 5.38 Å². The zero-order valence-corrected chi connectivity index (χ0v) is 10.3. The lowest BCUT2D eigenvalue weighted by Gasteiger charge is -2.19. The summed E-state index contributed by atoms with van der Waals surface area (Å²) in [6, 6.07) is 0. The van der Waals surface area contributed by atoms with Gasteiger partial charge in [-0.2, -0.15) is 8.78 Å². The summed E-state index contributed by atoms with van der Waals surface area (Å²) in [4.78, 5) is 10.7. The van der Waals surface area contributed by atoms with Crippen LogP contribution < -0.4 is 0 Å². The Balaban J connectivity index is 4.47. The topological polar surface area (TPSA) is 26.3 Å². The fourth-order valence-corrected chi connectivity index (χ4v) is 1.86. The van der Waals surface area contributed by atoms with Crippen molar-refractivity contribution in [2.24, 2.45) is 0 Å². The van der Waals surface area contributed by atoms with Crippen LogP contribution in [-0.4, -0.2) is 19.5 Å². The second kappa shape index (κ2) is 4.40. The summed E-state index contributed by atoms with van der Waals surface area (Å²) in [5, 5.41) is -3.84. The maximum absolute atomic E-state index is 12.2. The summed E-state index contributed by atoms with van der Waals surface area (Å²) in [7, 11) is -1.85. The molecule has 0 unspecified atom stereocenters. The van der Waals surface area contributed by atoms with E-state index in [1.807, 2.05) is 19.6 Å². The third-order valence-electron chi connectivity index (χ3n) is 1.08. The first-order valence-corrected chi connectivity index (χ1v) is 7.79. The van der Waals surface area contributed by atoms with Crippen molar-refractivity contribution in [3.8, 4) is 0 Å². The minimum atomic E-state index is -3.84. The molecule has 0 aliphatic carbocycles. The Morgan fingerprint density at radius 3 is 2.14 bits per heavy atom. The van der Waals surface area contributed by atoms with Gasteiger partial charge in [-0.3, -0.25) is 4.79 Å². The van der Waals surface area contributed by atoms with Crippen LogP contribution in [0.15, 0.2) is 11.8 Å². The summed E-state index contributed by atoms with van der Waals surface area (Å²) in [5.74, 6) is -1.27. The van der Waals surface area contributed by atoms with Crippen molar-refractivity contribution in [1.82, 2.24) is 0 Å². The van der Waals surface area contributed by atoms with Gasteiger partial charge in [-0.15, -0.1) is 0 Å². The van der Waals surface area contributed by atoms with Crippen molar-refractivity contribution in [2.45, 2.75) is 31.9 Å². The van der Waals surface area contributed by atoms with Crippen molar-refractivity contribution in [3.63, 3.8) is 0 Å². The average molecular weight is 243 g/mol. The van der Waals surface area contributed by atoms with Crippen LogP contribution in [0.5, 0.6) is 0 Å². The van der Waals surface area contributed by atoms with E-state index in [2.05, 4.69) is 11.6 Å². The van der Waals surface area contributed by atoms with Gasteiger partial charge in [-0.05, 0) is 38.2 Å². The molecule has 0 aromatic carbocycles. The van der Waals surface area contributed by atoms with Gasteiger partial charge in [0, 0.05) is 6.08 Å². The predicted octanol–water partition coefficient (Wildman–Crippen LogP) is 3.14. The molecule has 0 spiro atoms. The molecule has 0 fully saturated rings. The van der Waals surface area contributed by atoms with Crippen molar-refractivity contribution < 1.29 is 18.0 Å². The number of rotatable bonds is 4. The Morgan fingerprint density at radius 2 is 1.86 bits per heavy atom. The van der Waals surface area contributed by atoms with Gasteiger partial charge in [0.05, 0.1) is 5.76 Å². The summed E-state index contributed by atoms with van der Waals surface area (Å²) in [5.41, 5.74) is 0. The van der Waals surface area contributed by atoms with Crippen LogP contribution in [0.3, 0.4) is 0 Å². The molecule has 0 radical (unpaired) electrons. The zero-order chi connectivity index (χ0) is 11.6. The summed E-state index contributed by atoms with van der Waals surface area (Å²) < 4.78 is 29.8. The molecule has 6 heteroatoms. The molecule has 0 rings (SSSR count). The minimum Gasteiger partial charge on any atom is -0.547 e. The average Bonchev–Trinajstić information content (AvgIpc) is 1.79. The molecule has 0 saturated carbocycles. The predicted molar refractivity (Wildman–Crippen MR) is 54.0 cm³/mol. The second-order valence-corrected chi connectivity index (χ2v) is 8.73. The van der Waals surface area contributed by atoms with Gasteiger partial charge in [0.15, 0.2) is 0 Å². The Morgan fingerprint density at radius 1 is 1.43 bits per heavy atom. The third kappa shape index (κ3) is 6.10. The van der Waals surface area contributed by atoms with Gasteiger partial charge < -0.3 is 4.43 Å². The molecule has 0 N–H and O–H groups in total. The van der Waals surface area contributed by atoms with Crippen LogP contribution in [0.1, 0.15) is 6.92 Å². The molecule has 2 nitrogen and oxygen atoms in total. The largest absolute Gasteiger partial charge is 0.547 e. The lowest BCUT2D eigenvalue weighted by Crippen LogP contribution is -2.25. The van der Waals surface area contributed by atoms with E-state index < -0.39 is 19.5 Å². The van der Waals surface area contributed by atoms with Crippen LogP contribution >= 0.6 is 11.6 Å². The van der Waals surface area contributed by atoms with Gasteiger partial charge in [0.25, 0.3) is 0 Å². The smallest absolute Gasteiger partial charge is 0.384 e. The number of hydrogen-bond donors (Lipinski definition) is 0. The number of halogens is 3. The highest BCUT2D eigenvalue weighted by Gasteiger charge is 2.34. The molecule has 0 atom stereocenters. The second-order valence-electron chi connectivity index (χ2n) is 3.83. The number of alkyl halides is 3. The molecule has 0 aliphatic heterocycles. The molecule has 0 aromatic heterocycles. The first kappa shape index (κ1) is 13.6. The number of hydrogen-bond acceptors (Lipinski definition) is 2. The molecule has 0 bridgehead atoms. The van der Waals surface area contributed by atoms with E-state index in [9.17, 15) is 13.6 Å². The molecular formula is C8H13ClF2O2Si. The highest BCUT2D eigenvalue weighted by Crippen LogP contribution is 2.21. The van der Waals surface area contributed by atoms with Gasteiger partial charge in [-0.1, -0.05) is 0 Å². The van der Waals surface area contributed by atoms with E-state index in [1.165, 1.54) is 6.92 Å². The number of carbonyl (C=O) groups is 1. The fraction of sp³-hybridized carbons (Fsp3) is 0.625. The number of allylic oxidation sites excluding steroid dienone is 2. The third-order valence-corrected chi connectivity index (χ3v) is 2.20. The maximum Gasteiger partial charge on any atom is 0.384 e. The molecule has 0 saturated heterocycles. The van der Waals surface area contributed by atoms with Crippen molar-refractivity contribution in [3.05, 3.63) is 11.8 Å². The van der Waals surface area contributed by atoms with Crippen LogP contribution in [0.4, 0.5) is 8.78 Å². The minimum absolute atomic E-state index is 0.175. The Labute approximate surface area is 88.0 Å². The van der Waals surface area contributed by atoms with E-state index in [-0.39, 0.29) is 5.76 Å². The molecule has 82 valence electrons. The van der Waals surface area contributed by atoms with Gasteiger partial charge in [-0.25, -0.2) is 0 Å². The monoisotopic (exact) mass is 242 g/mol. The summed E-state index contributed by atoms with van der Waals surface area (Å²) >= 11 is 4.53. The molecule has 0 aromatic rings. The highest BCUT2D eigenvalue weighted by molar-refractivity contribution is 6.70. The van der Waals surface area contributed by atoms with Crippen molar-refractivity contribution in [1.29, 1.82) is 0 Å².